The maximum atomic E-state index is 5.63. The Bertz CT molecular complexity index is 370. The molecule has 0 amide bonds. The summed E-state index contributed by atoms with van der Waals surface area (Å²) >= 11 is 0. The summed E-state index contributed by atoms with van der Waals surface area (Å²) in [5.74, 6) is 0.985. The standard InChI is InChI=1S/C23H43NO/c1-4-5-6-7-8-9-10-11-12-13-14-15-16-17-18-19-20-22-24-23(2,3)21-25-22/h12-13H,4-11,14-21H2,1-3H3/b13-12-. The molecule has 0 fully saturated rings. The third kappa shape index (κ3) is 13.1. The number of rotatable bonds is 16. The molecule has 0 saturated heterocycles. The Labute approximate surface area is 157 Å². The molecule has 2 heteroatoms. The van der Waals surface area contributed by atoms with Gasteiger partial charge in [0.1, 0.15) is 6.61 Å². The second kappa shape index (κ2) is 14.4. The fourth-order valence-corrected chi connectivity index (χ4v) is 3.31. The fraction of sp³-hybridized carbons (Fsp3) is 0.870. The number of ether oxygens (including phenoxy) is 1. The van der Waals surface area contributed by atoms with Gasteiger partial charge in [-0.2, -0.15) is 0 Å². The predicted molar refractivity (Wildman–Crippen MR) is 112 cm³/mol. The van der Waals surface area contributed by atoms with Gasteiger partial charge in [0.15, 0.2) is 5.90 Å². The summed E-state index contributed by atoms with van der Waals surface area (Å²) in [6.45, 7) is 7.32. The lowest BCUT2D eigenvalue weighted by molar-refractivity contribution is 0.273. The molecule has 1 rings (SSSR count). The van der Waals surface area contributed by atoms with Gasteiger partial charge in [0.2, 0.25) is 0 Å². The smallest absolute Gasteiger partial charge is 0.183 e. The van der Waals surface area contributed by atoms with E-state index in [1.54, 1.807) is 0 Å². The number of nitrogens with zero attached hydrogens (tertiary/aromatic N) is 1. The van der Waals surface area contributed by atoms with Gasteiger partial charge < -0.3 is 4.74 Å². The second-order valence-electron chi connectivity index (χ2n) is 8.29. The zero-order valence-electron chi connectivity index (χ0n) is 17.3. The van der Waals surface area contributed by atoms with Gasteiger partial charge in [0.25, 0.3) is 0 Å². The molecular weight excluding hydrogens is 306 g/mol. The molecule has 2 nitrogen and oxygen atoms in total. The van der Waals surface area contributed by atoms with Crippen LogP contribution in [0.15, 0.2) is 17.1 Å². The zero-order valence-corrected chi connectivity index (χ0v) is 17.3. The molecule has 0 aromatic heterocycles. The first kappa shape index (κ1) is 22.3. The van der Waals surface area contributed by atoms with Crippen LogP contribution in [0.1, 0.15) is 117 Å². The quantitative estimate of drug-likeness (QED) is 0.207. The van der Waals surface area contributed by atoms with E-state index in [0.29, 0.717) is 0 Å². The summed E-state index contributed by atoms with van der Waals surface area (Å²) < 4.78 is 5.63. The Balaban J connectivity index is 1.78. The topological polar surface area (TPSA) is 21.6 Å². The van der Waals surface area contributed by atoms with Gasteiger partial charge >= 0.3 is 0 Å². The first-order valence-corrected chi connectivity index (χ1v) is 11.0. The van der Waals surface area contributed by atoms with E-state index in [0.717, 1.165) is 18.9 Å². The Morgan fingerprint density at radius 1 is 0.800 bits per heavy atom. The van der Waals surface area contributed by atoms with E-state index in [1.165, 1.54) is 89.9 Å². The zero-order chi connectivity index (χ0) is 18.2. The van der Waals surface area contributed by atoms with Crippen LogP contribution in [-0.4, -0.2) is 18.0 Å². The lowest BCUT2D eigenvalue weighted by Gasteiger charge is -2.07. The highest BCUT2D eigenvalue weighted by Gasteiger charge is 2.25. The van der Waals surface area contributed by atoms with Crippen molar-refractivity contribution in [3.8, 4) is 0 Å². The second-order valence-corrected chi connectivity index (χ2v) is 8.29. The van der Waals surface area contributed by atoms with Crippen molar-refractivity contribution in [1.82, 2.24) is 0 Å². The predicted octanol–water partition coefficient (Wildman–Crippen LogP) is 7.62. The van der Waals surface area contributed by atoms with E-state index in [2.05, 4.69) is 37.9 Å². The minimum Gasteiger partial charge on any atom is -0.478 e. The van der Waals surface area contributed by atoms with Gasteiger partial charge in [-0.05, 0) is 46.0 Å². The molecule has 0 unspecified atom stereocenters. The van der Waals surface area contributed by atoms with Gasteiger partial charge in [-0.1, -0.05) is 76.9 Å². The molecule has 0 aromatic carbocycles. The van der Waals surface area contributed by atoms with Crippen LogP contribution < -0.4 is 0 Å². The summed E-state index contributed by atoms with van der Waals surface area (Å²) in [6.07, 6.45) is 24.9. The van der Waals surface area contributed by atoms with Crippen LogP contribution in [0.25, 0.3) is 0 Å². The number of aliphatic imine (C=N–C) groups is 1. The van der Waals surface area contributed by atoms with Crippen LogP contribution >= 0.6 is 0 Å². The van der Waals surface area contributed by atoms with E-state index in [-0.39, 0.29) is 5.54 Å². The maximum absolute atomic E-state index is 5.63. The first-order chi connectivity index (χ1) is 12.1. The Kier molecular flexibility index (Phi) is 12.8. The van der Waals surface area contributed by atoms with E-state index in [9.17, 15) is 0 Å². The van der Waals surface area contributed by atoms with Gasteiger partial charge in [-0.3, -0.25) is 0 Å². The minimum absolute atomic E-state index is 0.0106. The van der Waals surface area contributed by atoms with Crippen molar-refractivity contribution in [2.75, 3.05) is 6.61 Å². The van der Waals surface area contributed by atoms with Crippen molar-refractivity contribution in [2.45, 2.75) is 123 Å². The van der Waals surface area contributed by atoms with Gasteiger partial charge in [-0.25, -0.2) is 4.99 Å². The molecule has 0 spiro atoms. The molecule has 146 valence electrons. The molecule has 0 atom stereocenters. The molecule has 0 N–H and O–H groups in total. The van der Waals surface area contributed by atoms with E-state index < -0.39 is 0 Å². The highest BCUT2D eigenvalue weighted by Crippen LogP contribution is 2.19. The van der Waals surface area contributed by atoms with Crippen molar-refractivity contribution in [1.29, 1.82) is 0 Å². The average molecular weight is 350 g/mol. The summed E-state index contributed by atoms with van der Waals surface area (Å²) in [5, 5.41) is 0. The molecule has 0 bridgehead atoms. The number of hydrogen-bond donors (Lipinski definition) is 0. The van der Waals surface area contributed by atoms with E-state index in [1.807, 2.05) is 0 Å². The number of allylic oxidation sites excluding steroid dienone is 2. The molecule has 0 saturated carbocycles. The van der Waals surface area contributed by atoms with E-state index in [4.69, 9.17) is 4.74 Å². The summed E-state index contributed by atoms with van der Waals surface area (Å²) in [6, 6.07) is 0. The molecular formula is C23H43NO. The largest absolute Gasteiger partial charge is 0.478 e. The normalized spacial score (nSPS) is 16.4. The number of unbranched alkanes of at least 4 members (excludes halogenated alkanes) is 12. The van der Waals surface area contributed by atoms with Crippen molar-refractivity contribution < 1.29 is 4.74 Å². The molecule has 1 heterocycles. The van der Waals surface area contributed by atoms with Gasteiger partial charge in [-0.15, -0.1) is 0 Å². The maximum Gasteiger partial charge on any atom is 0.183 e. The lowest BCUT2D eigenvalue weighted by Crippen LogP contribution is -2.17. The summed E-state index contributed by atoms with van der Waals surface area (Å²) in [5.41, 5.74) is 0.0106. The van der Waals surface area contributed by atoms with Crippen LogP contribution in [0.5, 0.6) is 0 Å². The third-order valence-corrected chi connectivity index (χ3v) is 4.92. The van der Waals surface area contributed by atoms with E-state index >= 15 is 0 Å². The Morgan fingerprint density at radius 2 is 1.32 bits per heavy atom. The lowest BCUT2D eigenvalue weighted by atomic mass is 10.1. The average Bonchev–Trinajstić information content (AvgIpc) is 2.93. The molecule has 0 radical (unpaired) electrons. The summed E-state index contributed by atoms with van der Waals surface area (Å²) in [7, 11) is 0. The molecule has 1 aliphatic rings. The van der Waals surface area contributed by atoms with Crippen molar-refractivity contribution >= 4 is 5.90 Å². The van der Waals surface area contributed by atoms with Crippen molar-refractivity contribution in [3.05, 3.63) is 12.2 Å². The highest BCUT2D eigenvalue weighted by molar-refractivity contribution is 5.78. The van der Waals surface area contributed by atoms with Crippen LogP contribution in [0.2, 0.25) is 0 Å². The SMILES string of the molecule is CCCCCCCCC/C=C\CCCCCCCC1=NC(C)(C)CO1. The van der Waals surface area contributed by atoms with Crippen molar-refractivity contribution in [3.63, 3.8) is 0 Å². The van der Waals surface area contributed by atoms with Crippen LogP contribution in [-0.2, 0) is 4.74 Å². The molecule has 1 aliphatic heterocycles. The molecule has 25 heavy (non-hydrogen) atoms. The van der Waals surface area contributed by atoms with Crippen molar-refractivity contribution in [2.24, 2.45) is 4.99 Å². The van der Waals surface area contributed by atoms with Crippen LogP contribution in [0, 0.1) is 0 Å². The third-order valence-electron chi connectivity index (χ3n) is 4.92. The minimum atomic E-state index is 0.0106. The van der Waals surface area contributed by atoms with Crippen LogP contribution in [0.4, 0.5) is 0 Å². The fourth-order valence-electron chi connectivity index (χ4n) is 3.31. The Morgan fingerprint density at radius 3 is 1.84 bits per heavy atom. The Hall–Kier alpha value is -0.790. The van der Waals surface area contributed by atoms with Crippen LogP contribution in [0.3, 0.4) is 0 Å². The summed E-state index contributed by atoms with van der Waals surface area (Å²) in [4.78, 5) is 4.61. The van der Waals surface area contributed by atoms with Gasteiger partial charge in [0.05, 0.1) is 5.54 Å². The van der Waals surface area contributed by atoms with Gasteiger partial charge in [0, 0.05) is 6.42 Å². The number of hydrogen-bond acceptors (Lipinski definition) is 2. The monoisotopic (exact) mass is 349 g/mol. The molecule has 0 aromatic rings. The highest BCUT2D eigenvalue weighted by atomic mass is 16.5. The first-order valence-electron chi connectivity index (χ1n) is 11.0. The molecule has 0 aliphatic carbocycles.